The predicted octanol–water partition coefficient (Wildman–Crippen LogP) is 3.65. The number of hydrogen-bond donors (Lipinski definition) is 1. The van der Waals surface area contributed by atoms with Crippen molar-refractivity contribution in [1.82, 2.24) is 4.90 Å². The Morgan fingerprint density at radius 2 is 2.04 bits per heavy atom. The summed E-state index contributed by atoms with van der Waals surface area (Å²) in [6.07, 6.45) is 1.89. The number of hydrogen-bond acceptors (Lipinski definition) is 4. The molecule has 26 heavy (non-hydrogen) atoms. The maximum absolute atomic E-state index is 14.1. The molecule has 0 saturated heterocycles. The molecule has 0 spiro atoms. The maximum atomic E-state index is 14.1. The van der Waals surface area contributed by atoms with Gasteiger partial charge in [-0.25, -0.2) is 4.39 Å². The third-order valence-corrected chi connectivity index (χ3v) is 4.78. The number of halogens is 2. The molecule has 6 nitrogen and oxygen atoms in total. The van der Waals surface area contributed by atoms with Crippen LogP contribution >= 0.6 is 11.6 Å². The summed E-state index contributed by atoms with van der Waals surface area (Å²) in [4.78, 5) is 24.1. The van der Waals surface area contributed by atoms with Crippen molar-refractivity contribution in [3.8, 4) is 0 Å². The highest BCUT2D eigenvalue weighted by Gasteiger charge is 2.31. The van der Waals surface area contributed by atoms with Crippen LogP contribution in [0.15, 0.2) is 36.4 Å². The van der Waals surface area contributed by atoms with Crippen LogP contribution in [0.2, 0.25) is 5.02 Å². The van der Waals surface area contributed by atoms with Crippen molar-refractivity contribution in [3.05, 3.63) is 74.0 Å². The van der Waals surface area contributed by atoms with E-state index in [1.165, 1.54) is 30.3 Å². The average Bonchev–Trinajstić information content (AvgIpc) is 3.42. The number of rotatable bonds is 7. The van der Waals surface area contributed by atoms with Gasteiger partial charge in [0.05, 0.1) is 4.92 Å². The lowest BCUT2D eigenvalue weighted by atomic mass is 10.1. The first-order valence-corrected chi connectivity index (χ1v) is 8.48. The smallest absolute Gasteiger partial charge is 0.274 e. The van der Waals surface area contributed by atoms with Gasteiger partial charge in [0.25, 0.3) is 5.69 Å². The molecule has 0 heterocycles. The van der Waals surface area contributed by atoms with Crippen LogP contribution in [0, 0.1) is 15.9 Å². The summed E-state index contributed by atoms with van der Waals surface area (Å²) in [5, 5.41) is 11.7. The molecule has 0 bridgehead atoms. The number of nitrogens with two attached hydrogens (primary N) is 1. The quantitative estimate of drug-likeness (QED) is 0.589. The highest BCUT2D eigenvalue weighted by Crippen LogP contribution is 2.33. The minimum atomic E-state index is -0.725. The van der Waals surface area contributed by atoms with Crippen molar-refractivity contribution in [2.24, 2.45) is 5.73 Å². The number of carbonyl (C=O) groups excluding carboxylic acids is 1. The van der Waals surface area contributed by atoms with Gasteiger partial charge in [-0.3, -0.25) is 19.8 Å². The van der Waals surface area contributed by atoms with Crippen molar-refractivity contribution in [2.75, 3.05) is 0 Å². The summed E-state index contributed by atoms with van der Waals surface area (Å²) in [5.74, 6) is -1.13. The zero-order valence-electron chi connectivity index (χ0n) is 13.8. The topological polar surface area (TPSA) is 89.5 Å². The van der Waals surface area contributed by atoms with Crippen LogP contribution in [0.5, 0.6) is 0 Å². The van der Waals surface area contributed by atoms with E-state index in [1.807, 2.05) is 4.90 Å². The molecule has 0 radical (unpaired) electrons. The predicted molar refractivity (Wildman–Crippen MR) is 95.3 cm³/mol. The average molecular weight is 378 g/mol. The Morgan fingerprint density at radius 3 is 2.62 bits per heavy atom. The molecule has 0 unspecified atom stereocenters. The zero-order valence-corrected chi connectivity index (χ0v) is 14.6. The van der Waals surface area contributed by atoms with Crippen LogP contribution < -0.4 is 5.73 Å². The molecular formula is C18H17ClFN3O3. The van der Waals surface area contributed by atoms with Gasteiger partial charge in [-0.1, -0.05) is 23.7 Å². The molecule has 3 rings (SSSR count). The Hall–Kier alpha value is -2.51. The normalized spacial score (nSPS) is 13.8. The molecule has 1 amide bonds. The molecule has 8 heteroatoms. The Bertz CT molecular complexity index is 851. The molecule has 2 aromatic carbocycles. The molecule has 2 aromatic rings. The van der Waals surface area contributed by atoms with E-state index in [-0.39, 0.29) is 30.4 Å². The number of nitrogens with zero attached hydrogens (tertiary/aromatic N) is 2. The summed E-state index contributed by atoms with van der Waals surface area (Å²) in [6, 6.07) is 8.89. The minimum absolute atomic E-state index is 0.0792. The van der Waals surface area contributed by atoms with Crippen molar-refractivity contribution in [2.45, 2.75) is 32.0 Å². The Balaban J connectivity index is 1.89. The first-order chi connectivity index (χ1) is 12.4. The number of carbonyl (C=O) groups is 1. The minimum Gasteiger partial charge on any atom is -0.366 e. The van der Waals surface area contributed by atoms with Crippen LogP contribution in [0.3, 0.4) is 0 Å². The van der Waals surface area contributed by atoms with Gasteiger partial charge < -0.3 is 5.73 Å². The van der Waals surface area contributed by atoms with Crippen molar-refractivity contribution in [3.63, 3.8) is 0 Å². The lowest BCUT2D eigenvalue weighted by molar-refractivity contribution is -0.385. The van der Waals surface area contributed by atoms with E-state index in [0.717, 1.165) is 12.8 Å². The fraction of sp³-hybridized carbons (Fsp3) is 0.278. The number of primary amides is 1. The summed E-state index contributed by atoms with van der Waals surface area (Å²) in [6.45, 7) is 0.510. The molecule has 2 N–H and O–H groups in total. The third-order valence-electron chi connectivity index (χ3n) is 4.43. The van der Waals surface area contributed by atoms with E-state index in [9.17, 15) is 19.3 Å². The molecular weight excluding hydrogens is 361 g/mol. The highest BCUT2D eigenvalue weighted by atomic mass is 35.5. The van der Waals surface area contributed by atoms with Gasteiger partial charge in [0.15, 0.2) is 0 Å². The van der Waals surface area contributed by atoms with Crippen LogP contribution in [-0.4, -0.2) is 21.8 Å². The largest absolute Gasteiger partial charge is 0.366 e. The Labute approximate surface area is 154 Å². The summed E-state index contributed by atoms with van der Waals surface area (Å²) in [7, 11) is 0. The summed E-state index contributed by atoms with van der Waals surface area (Å²) >= 11 is 6.11. The first-order valence-electron chi connectivity index (χ1n) is 8.11. The lowest BCUT2D eigenvalue weighted by Crippen LogP contribution is -2.26. The second-order valence-corrected chi connectivity index (χ2v) is 6.71. The van der Waals surface area contributed by atoms with Gasteiger partial charge in [-0.15, -0.1) is 0 Å². The number of nitro benzene ring substituents is 1. The Morgan fingerprint density at radius 1 is 1.31 bits per heavy atom. The van der Waals surface area contributed by atoms with Crippen LogP contribution in [0.4, 0.5) is 10.1 Å². The van der Waals surface area contributed by atoms with Crippen LogP contribution in [0.25, 0.3) is 0 Å². The summed E-state index contributed by atoms with van der Waals surface area (Å²) < 4.78 is 14.1. The molecule has 1 aliphatic carbocycles. The van der Waals surface area contributed by atoms with Gasteiger partial charge in [0, 0.05) is 46.9 Å². The van der Waals surface area contributed by atoms with E-state index >= 15 is 0 Å². The number of benzene rings is 2. The second-order valence-electron chi connectivity index (χ2n) is 6.30. The molecule has 1 aliphatic rings. The van der Waals surface area contributed by atoms with Gasteiger partial charge in [-0.2, -0.15) is 0 Å². The van der Waals surface area contributed by atoms with Crippen molar-refractivity contribution >= 4 is 23.2 Å². The molecule has 136 valence electrons. The molecule has 0 aliphatic heterocycles. The van der Waals surface area contributed by atoms with E-state index in [0.29, 0.717) is 16.1 Å². The zero-order chi connectivity index (χ0) is 18.8. The Kier molecular flexibility index (Phi) is 5.20. The van der Waals surface area contributed by atoms with Crippen molar-refractivity contribution in [1.29, 1.82) is 0 Å². The lowest BCUT2D eigenvalue weighted by Gasteiger charge is -2.23. The standard InChI is InChI=1S/C18H17ClFN3O3/c19-15-2-1-3-16(20)14(15)10-22(13-6-7-13)9-12-5-4-11(18(21)24)8-17(12)23(25)26/h1-5,8,13H,6-7,9-10H2,(H2,21,24). The van der Waals surface area contributed by atoms with Crippen molar-refractivity contribution < 1.29 is 14.1 Å². The molecule has 1 fully saturated rings. The maximum Gasteiger partial charge on any atom is 0.274 e. The van der Waals surface area contributed by atoms with Gasteiger partial charge in [0.2, 0.25) is 5.91 Å². The van der Waals surface area contributed by atoms with Gasteiger partial charge >= 0.3 is 0 Å². The highest BCUT2D eigenvalue weighted by molar-refractivity contribution is 6.31. The van der Waals surface area contributed by atoms with E-state index in [2.05, 4.69) is 0 Å². The fourth-order valence-electron chi connectivity index (χ4n) is 2.88. The van der Waals surface area contributed by atoms with E-state index in [1.54, 1.807) is 6.07 Å². The van der Waals surface area contributed by atoms with Crippen LogP contribution in [-0.2, 0) is 13.1 Å². The number of nitro groups is 1. The molecule has 0 atom stereocenters. The van der Waals surface area contributed by atoms with Gasteiger partial charge in [-0.05, 0) is 31.0 Å². The van der Waals surface area contributed by atoms with E-state index in [4.69, 9.17) is 17.3 Å². The first kappa shape index (κ1) is 18.3. The van der Waals surface area contributed by atoms with E-state index < -0.39 is 16.6 Å². The monoisotopic (exact) mass is 377 g/mol. The third kappa shape index (κ3) is 4.00. The van der Waals surface area contributed by atoms with Crippen LogP contribution in [0.1, 0.15) is 34.3 Å². The summed E-state index contributed by atoms with van der Waals surface area (Å²) in [5.41, 5.74) is 5.92. The SMILES string of the molecule is NC(=O)c1ccc(CN(Cc2c(F)cccc2Cl)C2CC2)c([N+](=O)[O-])c1. The number of amides is 1. The fourth-order valence-corrected chi connectivity index (χ4v) is 3.10. The molecule has 0 aromatic heterocycles. The van der Waals surface area contributed by atoms with Gasteiger partial charge in [0.1, 0.15) is 5.82 Å². The molecule has 1 saturated carbocycles. The second kappa shape index (κ2) is 7.39.